The summed E-state index contributed by atoms with van der Waals surface area (Å²) < 4.78 is 2.36. The minimum Gasteiger partial charge on any atom is -0.293 e. The van der Waals surface area contributed by atoms with Crippen LogP contribution in [0.2, 0.25) is 10.0 Å². The van der Waals surface area contributed by atoms with Crippen LogP contribution in [0.4, 0.5) is 5.82 Å². The van der Waals surface area contributed by atoms with E-state index in [0.29, 0.717) is 27.4 Å². The van der Waals surface area contributed by atoms with Gasteiger partial charge < -0.3 is 0 Å². The highest BCUT2D eigenvalue weighted by atomic mass is 35.5. The van der Waals surface area contributed by atoms with Crippen LogP contribution in [-0.2, 0) is 14.1 Å². The predicted octanol–water partition coefficient (Wildman–Crippen LogP) is 3.47. The van der Waals surface area contributed by atoms with Crippen molar-refractivity contribution in [2.45, 2.75) is 5.92 Å². The van der Waals surface area contributed by atoms with Gasteiger partial charge in [-0.25, -0.2) is 9.79 Å². The molecule has 2 atom stereocenters. The number of hydrogen-bond acceptors (Lipinski definition) is 4. The average molecular weight is 440 g/mol. The minimum atomic E-state index is -0.726. The van der Waals surface area contributed by atoms with Crippen molar-refractivity contribution >= 4 is 40.5 Å². The monoisotopic (exact) mass is 439 g/mol. The summed E-state index contributed by atoms with van der Waals surface area (Å²) in [6.45, 7) is 0. The SMILES string of the molecule is Cn1c2c(c(=O)n(C)c1=O)[C@H](c1cccc(Cl)c1Cl)[C@@H]1C(=O)c3ccccc3C1=N2. The predicted molar refractivity (Wildman–Crippen MR) is 116 cm³/mol. The van der Waals surface area contributed by atoms with E-state index in [1.807, 2.05) is 12.1 Å². The van der Waals surface area contributed by atoms with Crippen molar-refractivity contribution in [2.75, 3.05) is 0 Å². The number of aliphatic imine (C=N–C) groups is 1. The molecule has 0 saturated heterocycles. The highest BCUT2D eigenvalue weighted by molar-refractivity contribution is 6.42. The molecule has 0 radical (unpaired) electrons. The van der Waals surface area contributed by atoms with E-state index in [1.54, 1.807) is 37.4 Å². The first-order chi connectivity index (χ1) is 14.3. The number of carbonyl (C=O) groups excluding carboxylic acids is 1. The van der Waals surface area contributed by atoms with E-state index in [9.17, 15) is 14.4 Å². The molecule has 30 heavy (non-hydrogen) atoms. The van der Waals surface area contributed by atoms with Gasteiger partial charge in [-0.2, -0.15) is 0 Å². The lowest BCUT2D eigenvalue weighted by molar-refractivity contribution is 0.0953. The Bertz CT molecular complexity index is 1420. The molecule has 2 aliphatic rings. The van der Waals surface area contributed by atoms with E-state index < -0.39 is 23.1 Å². The third kappa shape index (κ3) is 2.38. The van der Waals surface area contributed by atoms with Gasteiger partial charge in [0.2, 0.25) is 0 Å². The Hall–Kier alpha value is -2.96. The molecule has 8 heteroatoms. The zero-order valence-electron chi connectivity index (χ0n) is 16.0. The van der Waals surface area contributed by atoms with E-state index >= 15 is 0 Å². The van der Waals surface area contributed by atoms with Crippen molar-refractivity contribution in [3.63, 3.8) is 0 Å². The van der Waals surface area contributed by atoms with Gasteiger partial charge in [0, 0.05) is 31.1 Å². The summed E-state index contributed by atoms with van der Waals surface area (Å²) in [7, 11) is 2.97. The molecular formula is C22H15Cl2N3O3. The van der Waals surface area contributed by atoms with Gasteiger partial charge in [0.15, 0.2) is 5.78 Å². The first-order valence-electron chi connectivity index (χ1n) is 9.29. The van der Waals surface area contributed by atoms with Gasteiger partial charge in [-0.3, -0.25) is 18.7 Å². The molecule has 6 nitrogen and oxygen atoms in total. The largest absolute Gasteiger partial charge is 0.332 e. The molecule has 0 spiro atoms. The number of halogens is 2. The summed E-state index contributed by atoms with van der Waals surface area (Å²) in [5, 5.41) is 0.598. The van der Waals surface area contributed by atoms with Crippen LogP contribution < -0.4 is 11.2 Å². The van der Waals surface area contributed by atoms with Crippen LogP contribution in [0.1, 0.15) is 33.0 Å². The molecule has 1 aliphatic carbocycles. The van der Waals surface area contributed by atoms with Crippen LogP contribution >= 0.6 is 23.2 Å². The molecule has 3 aromatic rings. The molecule has 5 rings (SSSR count). The number of ketones is 1. The molecule has 0 amide bonds. The molecule has 1 aliphatic heterocycles. The second-order valence-electron chi connectivity index (χ2n) is 7.45. The Balaban J connectivity index is 1.94. The summed E-state index contributed by atoms with van der Waals surface area (Å²) in [5.74, 6) is -1.34. The summed E-state index contributed by atoms with van der Waals surface area (Å²) in [4.78, 5) is 43.9. The molecule has 0 fully saturated rings. The molecular weight excluding hydrogens is 425 g/mol. The van der Waals surface area contributed by atoms with Gasteiger partial charge in [0.1, 0.15) is 5.82 Å². The molecule has 0 saturated carbocycles. The van der Waals surface area contributed by atoms with Crippen LogP contribution in [0.25, 0.3) is 0 Å². The summed E-state index contributed by atoms with van der Waals surface area (Å²) in [6, 6.07) is 12.3. The Morgan fingerprint density at radius 3 is 2.30 bits per heavy atom. The fourth-order valence-electron chi connectivity index (χ4n) is 4.46. The average Bonchev–Trinajstić information content (AvgIpc) is 3.04. The topological polar surface area (TPSA) is 73.4 Å². The smallest absolute Gasteiger partial charge is 0.293 e. The van der Waals surface area contributed by atoms with Crippen molar-refractivity contribution < 1.29 is 4.79 Å². The maximum atomic E-state index is 13.4. The zero-order chi connectivity index (χ0) is 21.3. The standard InChI is InChI=1S/C22H15Cl2N3O3/c1-26-20-16(21(29)27(2)22(26)30)14(12-8-5-9-13(23)17(12)24)15-18(25-20)10-6-3-4-7-11(10)19(15)28/h3-9,14-15H,1-2H3/t14-,15+/m1/s1. The lowest BCUT2D eigenvalue weighted by Crippen LogP contribution is -2.43. The minimum absolute atomic E-state index is 0.132. The number of nitrogens with zero attached hydrogens (tertiary/aromatic N) is 3. The third-order valence-corrected chi connectivity index (χ3v) is 6.73. The zero-order valence-corrected chi connectivity index (χ0v) is 17.5. The first-order valence-corrected chi connectivity index (χ1v) is 10.0. The van der Waals surface area contributed by atoms with Crippen LogP contribution in [0.15, 0.2) is 57.0 Å². The van der Waals surface area contributed by atoms with Gasteiger partial charge >= 0.3 is 5.69 Å². The Kier molecular flexibility index (Phi) is 4.14. The molecule has 0 N–H and O–H groups in total. The van der Waals surface area contributed by atoms with Crippen molar-refractivity contribution in [1.82, 2.24) is 9.13 Å². The van der Waals surface area contributed by atoms with E-state index in [0.717, 1.165) is 4.57 Å². The lowest BCUT2D eigenvalue weighted by atomic mass is 9.76. The van der Waals surface area contributed by atoms with Gasteiger partial charge in [-0.1, -0.05) is 59.6 Å². The van der Waals surface area contributed by atoms with Crippen molar-refractivity contribution in [3.05, 3.63) is 95.6 Å². The molecule has 2 aromatic carbocycles. The van der Waals surface area contributed by atoms with Gasteiger partial charge in [-0.05, 0) is 11.6 Å². The highest BCUT2D eigenvalue weighted by Crippen LogP contribution is 2.48. The van der Waals surface area contributed by atoms with Crippen LogP contribution in [0.3, 0.4) is 0 Å². The van der Waals surface area contributed by atoms with Crippen LogP contribution in [0, 0.1) is 5.92 Å². The van der Waals surface area contributed by atoms with Crippen molar-refractivity contribution in [1.29, 1.82) is 0 Å². The van der Waals surface area contributed by atoms with E-state index in [-0.39, 0.29) is 22.2 Å². The molecule has 150 valence electrons. The molecule has 2 heterocycles. The lowest BCUT2D eigenvalue weighted by Gasteiger charge is -2.30. The maximum Gasteiger partial charge on any atom is 0.332 e. The van der Waals surface area contributed by atoms with Gasteiger partial charge in [0.25, 0.3) is 5.56 Å². The van der Waals surface area contributed by atoms with Crippen molar-refractivity contribution in [3.8, 4) is 0 Å². The number of aromatic nitrogens is 2. The van der Waals surface area contributed by atoms with Gasteiger partial charge in [-0.15, -0.1) is 0 Å². The van der Waals surface area contributed by atoms with E-state index in [4.69, 9.17) is 23.2 Å². The van der Waals surface area contributed by atoms with Crippen molar-refractivity contribution in [2.24, 2.45) is 25.0 Å². The van der Waals surface area contributed by atoms with Crippen LogP contribution in [0.5, 0.6) is 0 Å². The summed E-state index contributed by atoms with van der Waals surface area (Å²) >= 11 is 12.8. The number of carbonyl (C=O) groups is 1. The third-order valence-electron chi connectivity index (χ3n) is 5.90. The quantitative estimate of drug-likeness (QED) is 0.582. The Morgan fingerprint density at radius 1 is 0.867 bits per heavy atom. The number of fused-ring (bicyclic) bond motifs is 4. The second-order valence-corrected chi connectivity index (χ2v) is 8.23. The maximum absolute atomic E-state index is 13.4. The van der Waals surface area contributed by atoms with E-state index in [1.165, 1.54) is 11.6 Å². The van der Waals surface area contributed by atoms with Gasteiger partial charge in [0.05, 0.1) is 27.2 Å². The fourth-order valence-corrected chi connectivity index (χ4v) is 4.89. The Labute approximate surface area is 181 Å². The number of hydrogen-bond donors (Lipinski definition) is 0. The second kappa shape index (κ2) is 6.52. The molecule has 1 aromatic heterocycles. The Morgan fingerprint density at radius 2 is 1.57 bits per heavy atom. The molecule has 0 unspecified atom stereocenters. The van der Waals surface area contributed by atoms with E-state index in [2.05, 4.69) is 4.99 Å². The first kappa shape index (κ1) is 19.0. The fraction of sp³-hybridized carbons (Fsp3) is 0.182. The highest BCUT2D eigenvalue weighted by Gasteiger charge is 2.48. The molecule has 0 bridgehead atoms. The summed E-state index contributed by atoms with van der Waals surface area (Å²) in [5.41, 5.74) is 1.61. The van der Waals surface area contributed by atoms with Crippen LogP contribution in [-0.4, -0.2) is 20.6 Å². The number of benzene rings is 2. The summed E-state index contributed by atoms with van der Waals surface area (Å²) in [6.07, 6.45) is 0. The number of rotatable bonds is 1. The normalized spacial score (nSPS) is 19.2. The number of Topliss-reactive ketones (excluding diaryl/α,β-unsaturated/α-hetero) is 1.